The molecule has 2 atom stereocenters. The molecule has 1 saturated heterocycles. The minimum absolute atomic E-state index is 0.113. The molecule has 1 aromatic heterocycles. The summed E-state index contributed by atoms with van der Waals surface area (Å²) in [5, 5.41) is 18.4. The molecule has 0 saturated carbocycles. The maximum atomic E-state index is 12.1. The zero-order valence-corrected chi connectivity index (χ0v) is 12.5. The van der Waals surface area contributed by atoms with Gasteiger partial charge in [0.2, 0.25) is 5.91 Å². The highest BCUT2D eigenvalue weighted by atomic mass is 32.1. The van der Waals surface area contributed by atoms with Crippen LogP contribution in [0, 0.1) is 6.92 Å². The molecule has 5 nitrogen and oxygen atoms in total. The van der Waals surface area contributed by atoms with Gasteiger partial charge < -0.3 is 15.7 Å². The van der Waals surface area contributed by atoms with Crippen molar-refractivity contribution in [3.8, 4) is 11.3 Å². The number of anilines is 1. The first kappa shape index (κ1) is 14.2. The zero-order valence-electron chi connectivity index (χ0n) is 11.7. The summed E-state index contributed by atoms with van der Waals surface area (Å²) in [6, 6.07) is 7.31. The van der Waals surface area contributed by atoms with E-state index < -0.39 is 6.10 Å². The fraction of sp³-hybridized carbons (Fsp3) is 0.333. The van der Waals surface area contributed by atoms with Crippen molar-refractivity contribution in [2.45, 2.75) is 25.5 Å². The molecule has 1 aliphatic rings. The number of β-amino-alcohol motifs (C(OH)–C–C–N with tert-alkyl or cyclic N) is 1. The van der Waals surface area contributed by atoms with Gasteiger partial charge >= 0.3 is 0 Å². The molecule has 2 aromatic rings. The lowest BCUT2D eigenvalue weighted by molar-refractivity contribution is -0.117. The van der Waals surface area contributed by atoms with Crippen LogP contribution in [0.4, 0.5) is 5.69 Å². The van der Waals surface area contributed by atoms with Crippen LogP contribution in [0.1, 0.15) is 11.4 Å². The van der Waals surface area contributed by atoms with Gasteiger partial charge in [-0.05, 0) is 25.5 Å². The second-order valence-electron chi connectivity index (χ2n) is 5.17. The Balaban J connectivity index is 1.73. The lowest BCUT2D eigenvalue weighted by atomic mass is 10.1. The number of hydrogen-bond acceptors (Lipinski definition) is 5. The third kappa shape index (κ3) is 3.29. The van der Waals surface area contributed by atoms with Gasteiger partial charge in [0.25, 0.3) is 0 Å². The van der Waals surface area contributed by atoms with E-state index in [2.05, 4.69) is 15.6 Å². The van der Waals surface area contributed by atoms with Gasteiger partial charge in [-0.15, -0.1) is 11.3 Å². The highest BCUT2D eigenvalue weighted by Crippen LogP contribution is 2.24. The molecular formula is C15H17N3O2S. The molecule has 21 heavy (non-hydrogen) atoms. The fourth-order valence-corrected chi connectivity index (χ4v) is 3.02. The van der Waals surface area contributed by atoms with Crippen molar-refractivity contribution in [1.82, 2.24) is 10.3 Å². The Labute approximate surface area is 127 Å². The first-order valence-corrected chi connectivity index (χ1v) is 7.74. The number of amides is 1. The monoisotopic (exact) mass is 303 g/mol. The highest BCUT2D eigenvalue weighted by molar-refractivity contribution is 7.09. The van der Waals surface area contributed by atoms with E-state index in [1.165, 1.54) is 0 Å². The number of aryl methyl sites for hydroxylation is 1. The summed E-state index contributed by atoms with van der Waals surface area (Å²) in [7, 11) is 0. The number of rotatable bonds is 3. The van der Waals surface area contributed by atoms with Crippen LogP contribution < -0.4 is 10.6 Å². The Morgan fingerprint density at radius 1 is 1.52 bits per heavy atom. The minimum atomic E-state index is -0.440. The van der Waals surface area contributed by atoms with Gasteiger partial charge in [0, 0.05) is 23.2 Å². The molecule has 6 heteroatoms. The normalized spacial score (nSPS) is 21.4. The number of aliphatic hydroxyl groups is 1. The van der Waals surface area contributed by atoms with Crippen LogP contribution in [0.25, 0.3) is 11.3 Å². The lowest BCUT2D eigenvalue weighted by Gasteiger charge is -2.11. The van der Waals surface area contributed by atoms with Crippen LogP contribution >= 0.6 is 11.3 Å². The number of thiazole rings is 1. The molecule has 3 rings (SSSR count). The van der Waals surface area contributed by atoms with E-state index in [1.807, 2.05) is 36.6 Å². The molecule has 1 amide bonds. The highest BCUT2D eigenvalue weighted by Gasteiger charge is 2.27. The van der Waals surface area contributed by atoms with Gasteiger partial charge in [-0.25, -0.2) is 4.98 Å². The second-order valence-corrected chi connectivity index (χ2v) is 6.23. The number of aliphatic hydroxyl groups excluding tert-OH is 1. The summed E-state index contributed by atoms with van der Waals surface area (Å²) in [6.07, 6.45) is 0.0154. The van der Waals surface area contributed by atoms with E-state index in [9.17, 15) is 9.90 Å². The third-order valence-corrected chi connectivity index (χ3v) is 4.24. The minimum Gasteiger partial charge on any atom is -0.392 e. The summed E-state index contributed by atoms with van der Waals surface area (Å²) in [5.74, 6) is -0.113. The third-order valence-electron chi connectivity index (χ3n) is 3.47. The predicted molar refractivity (Wildman–Crippen MR) is 83.3 cm³/mol. The summed E-state index contributed by atoms with van der Waals surface area (Å²) < 4.78 is 0. The summed E-state index contributed by atoms with van der Waals surface area (Å²) in [6.45, 7) is 2.44. The number of nitrogens with one attached hydrogen (secondary N) is 2. The maximum absolute atomic E-state index is 12.1. The Kier molecular flexibility index (Phi) is 4.01. The molecule has 0 spiro atoms. The molecule has 1 aliphatic heterocycles. The van der Waals surface area contributed by atoms with E-state index in [1.54, 1.807) is 11.3 Å². The Morgan fingerprint density at radius 2 is 2.38 bits per heavy atom. The van der Waals surface area contributed by atoms with Gasteiger partial charge in [-0.2, -0.15) is 0 Å². The number of aromatic nitrogens is 1. The first-order valence-electron chi connectivity index (χ1n) is 6.87. The standard InChI is InChI=1S/C15H17N3O2S/c1-9-17-14(8-21-9)10-3-2-4-11(5-10)18-15(20)13-6-12(19)7-16-13/h2-5,8,12-13,16,19H,6-7H2,1H3,(H,18,20). The van der Waals surface area contributed by atoms with Crippen LogP contribution in [0.15, 0.2) is 29.6 Å². The molecule has 0 aliphatic carbocycles. The SMILES string of the molecule is Cc1nc(-c2cccc(NC(=O)C3CC(O)CN3)c2)cs1. The van der Waals surface area contributed by atoms with Crippen molar-refractivity contribution in [2.24, 2.45) is 0 Å². The number of nitrogens with zero attached hydrogens (tertiary/aromatic N) is 1. The van der Waals surface area contributed by atoms with Crippen molar-refractivity contribution in [3.05, 3.63) is 34.7 Å². The molecule has 110 valence electrons. The van der Waals surface area contributed by atoms with Gasteiger partial charge in [-0.3, -0.25) is 4.79 Å². The summed E-state index contributed by atoms with van der Waals surface area (Å²) in [4.78, 5) is 16.6. The Morgan fingerprint density at radius 3 is 3.05 bits per heavy atom. The van der Waals surface area contributed by atoms with Crippen LogP contribution in [0.5, 0.6) is 0 Å². The topological polar surface area (TPSA) is 74.2 Å². The smallest absolute Gasteiger partial charge is 0.241 e. The van der Waals surface area contributed by atoms with Gasteiger partial charge in [-0.1, -0.05) is 12.1 Å². The van der Waals surface area contributed by atoms with E-state index in [0.717, 1.165) is 22.0 Å². The van der Waals surface area contributed by atoms with E-state index in [4.69, 9.17) is 0 Å². The number of carbonyl (C=O) groups is 1. The van der Waals surface area contributed by atoms with E-state index in [0.29, 0.717) is 13.0 Å². The fourth-order valence-electron chi connectivity index (χ4n) is 2.40. The molecule has 1 aromatic carbocycles. The number of hydrogen-bond donors (Lipinski definition) is 3. The van der Waals surface area contributed by atoms with Crippen molar-refractivity contribution in [1.29, 1.82) is 0 Å². The molecule has 2 heterocycles. The van der Waals surface area contributed by atoms with Crippen LogP contribution in [0.3, 0.4) is 0 Å². The molecule has 2 unspecified atom stereocenters. The number of benzene rings is 1. The van der Waals surface area contributed by atoms with Crippen LogP contribution in [-0.2, 0) is 4.79 Å². The molecule has 3 N–H and O–H groups in total. The first-order chi connectivity index (χ1) is 10.1. The van der Waals surface area contributed by atoms with Crippen molar-refractivity contribution in [2.75, 3.05) is 11.9 Å². The Hall–Kier alpha value is -1.76. The summed E-state index contributed by atoms with van der Waals surface area (Å²) >= 11 is 1.60. The van der Waals surface area contributed by atoms with Crippen LogP contribution in [-0.4, -0.2) is 34.7 Å². The molecular weight excluding hydrogens is 286 g/mol. The average molecular weight is 303 g/mol. The van der Waals surface area contributed by atoms with E-state index in [-0.39, 0.29) is 11.9 Å². The zero-order chi connectivity index (χ0) is 14.8. The van der Waals surface area contributed by atoms with Crippen LogP contribution in [0.2, 0.25) is 0 Å². The number of carbonyl (C=O) groups excluding carboxylic acids is 1. The molecule has 1 fully saturated rings. The quantitative estimate of drug-likeness (QED) is 0.808. The summed E-state index contributed by atoms with van der Waals surface area (Å²) in [5.41, 5.74) is 2.64. The Bertz CT molecular complexity index is 656. The maximum Gasteiger partial charge on any atom is 0.241 e. The average Bonchev–Trinajstić information content (AvgIpc) is 3.08. The van der Waals surface area contributed by atoms with Gasteiger partial charge in [0.15, 0.2) is 0 Å². The lowest BCUT2D eigenvalue weighted by Crippen LogP contribution is -2.35. The van der Waals surface area contributed by atoms with Gasteiger partial charge in [0.1, 0.15) is 0 Å². The predicted octanol–water partition coefficient (Wildman–Crippen LogP) is 1.78. The largest absolute Gasteiger partial charge is 0.392 e. The van der Waals surface area contributed by atoms with Crippen molar-refractivity contribution in [3.63, 3.8) is 0 Å². The molecule has 0 radical (unpaired) electrons. The van der Waals surface area contributed by atoms with Crippen molar-refractivity contribution >= 4 is 22.9 Å². The second kappa shape index (κ2) is 5.93. The molecule has 0 bridgehead atoms. The van der Waals surface area contributed by atoms with E-state index >= 15 is 0 Å². The van der Waals surface area contributed by atoms with Crippen molar-refractivity contribution < 1.29 is 9.90 Å². The van der Waals surface area contributed by atoms with Gasteiger partial charge in [0.05, 0.1) is 22.8 Å².